The minimum atomic E-state index is 0.144. The highest BCUT2D eigenvalue weighted by Crippen LogP contribution is 2.10. The Kier molecular flexibility index (Phi) is 2.67. The Labute approximate surface area is 80.1 Å². The molecular weight excluding hydrogens is 218 g/mol. The minimum absolute atomic E-state index is 0.144. The number of nitrogens with zero attached hydrogens (tertiary/aromatic N) is 2. The highest BCUT2D eigenvalue weighted by molar-refractivity contribution is 9.09. The van der Waals surface area contributed by atoms with Gasteiger partial charge >= 0.3 is 0 Å². The van der Waals surface area contributed by atoms with Gasteiger partial charge in [0, 0.05) is 6.20 Å². The number of nitrogens with one attached hydrogen (secondary N) is 1. The molecule has 1 aromatic rings. The molecule has 1 atom stereocenters. The van der Waals surface area contributed by atoms with Gasteiger partial charge in [-0.05, 0) is 20.8 Å². The second-order valence-corrected chi connectivity index (χ2v) is 4.12. The van der Waals surface area contributed by atoms with Crippen LogP contribution in [0.5, 0.6) is 0 Å². The highest BCUT2D eigenvalue weighted by Gasteiger charge is 2.02. The fourth-order valence-corrected chi connectivity index (χ4v) is 1.40. The molecule has 0 bridgehead atoms. The molecule has 0 saturated heterocycles. The Balaban J connectivity index is 3.38. The lowest BCUT2D eigenvalue weighted by Gasteiger charge is -2.11. The summed E-state index contributed by atoms with van der Waals surface area (Å²) in [6.45, 7) is 5.76. The van der Waals surface area contributed by atoms with E-state index in [1.54, 1.807) is 0 Å². The first-order valence-electron chi connectivity index (χ1n) is 3.77. The predicted octanol–water partition coefficient (Wildman–Crippen LogP) is 1.89. The summed E-state index contributed by atoms with van der Waals surface area (Å²) < 4.78 is 1.84. The minimum Gasteiger partial charge on any atom is -0.317 e. The SMILES string of the molecule is Cc1cn(C(C)Br)c(=N)c(C)n1. The van der Waals surface area contributed by atoms with Gasteiger partial charge in [-0.2, -0.15) is 0 Å². The van der Waals surface area contributed by atoms with Gasteiger partial charge in [-0.3, -0.25) is 10.4 Å². The van der Waals surface area contributed by atoms with Crippen molar-refractivity contribution in [2.75, 3.05) is 0 Å². The topological polar surface area (TPSA) is 41.7 Å². The van der Waals surface area contributed by atoms with E-state index >= 15 is 0 Å². The zero-order chi connectivity index (χ0) is 9.30. The van der Waals surface area contributed by atoms with Crippen LogP contribution in [0.3, 0.4) is 0 Å². The molecule has 66 valence electrons. The van der Waals surface area contributed by atoms with Crippen molar-refractivity contribution in [2.24, 2.45) is 0 Å². The second-order valence-electron chi connectivity index (χ2n) is 2.80. The fourth-order valence-electron chi connectivity index (χ4n) is 1.08. The van der Waals surface area contributed by atoms with Gasteiger partial charge in [-0.1, -0.05) is 15.9 Å². The third-order valence-electron chi connectivity index (χ3n) is 1.65. The lowest BCUT2D eigenvalue weighted by atomic mass is 10.4. The van der Waals surface area contributed by atoms with Gasteiger partial charge < -0.3 is 4.57 Å². The third kappa shape index (κ3) is 1.75. The van der Waals surface area contributed by atoms with E-state index in [4.69, 9.17) is 5.41 Å². The second kappa shape index (κ2) is 3.39. The number of hydrogen-bond donors (Lipinski definition) is 1. The smallest absolute Gasteiger partial charge is 0.147 e. The van der Waals surface area contributed by atoms with Crippen LogP contribution in [0.2, 0.25) is 0 Å². The molecule has 0 aliphatic carbocycles. The highest BCUT2D eigenvalue weighted by atomic mass is 79.9. The summed E-state index contributed by atoms with van der Waals surface area (Å²) in [4.78, 5) is 4.33. The number of aromatic nitrogens is 2. The normalized spacial score (nSPS) is 13.0. The zero-order valence-corrected chi connectivity index (χ0v) is 9.01. The van der Waals surface area contributed by atoms with Crippen LogP contribution in [-0.4, -0.2) is 9.55 Å². The molecule has 0 radical (unpaired) electrons. The first-order chi connectivity index (χ1) is 5.52. The number of halogens is 1. The van der Waals surface area contributed by atoms with Crippen molar-refractivity contribution in [3.8, 4) is 0 Å². The quantitative estimate of drug-likeness (QED) is 0.735. The van der Waals surface area contributed by atoms with Crippen LogP contribution in [0, 0.1) is 19.3 Å². The van der Waals surface area contributed by atoms with Crippen LogP contribution < -0.4 is 5.49 Å². The van der Waals surface area contributed by atoms with Gasteiger partial charge in [0.2, 0.25) is 0 Å². The monoisotopic (exact) mass is 229 g/mol. The predicted molar refractivity (Wildman–Crippen MR) is 51.2 cm³/mol. The number of hydrogen-bond acceptors (Lipinski definition) is 2. The number of rotatable bonds is 1. The molecule has 3 nitrogen and oxygen atoms in total. The van der Waals surface area contributed by atoms with Crippen molar-refractivity contribution < 1.29 is 0 Å². The molecule has 0 fully saturated rings. The van der Waals surface area contributed by atoms with E-state index in [0.717, 1.165) is 11.4 Å². The average molecular weight is 230 g/mol. The van der Waals surface area contributed by atoms with Gasteiger partial charge in [0.05, 0.1) is 16.3 Å². The third-order valence-corrected chi connectivity index (χ3v) is 2.10. The maximum Gasteiger partial charge on any atom is 0.147 e. The first kappa shape index (κ1) is 9.45. The van der Waals surface area contributed by atoms with Crippen molar-refractivity contribution >= 4 is 15.9 Å². The summed E-state index contributed by atoms with van der Waals surface area (Å²) in [7, 11) is 0. The van der Waals surface area contributed by atoms with Crippen molar-refractivity contribution in [1.29, 1.82) is 5.41 Å². The van der Waals surface area contributed by atoms with Crippen molar-refractivity contribution in [3.05, 3.63) is 23.1 Å². The molecule has 4 heteroatoms. The molecule has 1 N–H and O–H groups in total. The Morgan fingerprint density at radius 1 is 1.58 bits per heavy atom. The molecule has 0 spiro atoms. The molecule has 1 heterocycles. The molecule has 0 amide bonds. The lowest BCUT2D eigenvalue weighted by molar-refractivity contribution is 0.669. The summed E-state index contributed by atoms with van der Waals surface area (Å²) in [5, 5.41) is 7.69. The fraction of sp³-hybridized carbons (Fsp3) is 0.500. The van der Waals surface area contributed by atoms with Crippen molar-refractivity contribution in [2.45, 2.75) is 25.7 Å². The standard InChI is InChI=1S/C8H12BrN3/c1-5-4-12(7(3)9)8(10)6(2)11-5/h4,7,10H,1-3H3. The summed E-state index contributed by atoms with van der Waals surface area (Å²) in [5.74, 6) is 0. The van der Waals surface area contributed by atoms with E-state index in [1.807, 2.05) is 31.5 Å². The molecule has 1 aromatic heterocycles. The van der Waals surface area contributed by atoms with E-state index in [1.165, 1.54) is 0 Å². The van der Waals surface area contributed by atoms with Crippen molar-refractivity contribution in [1.82, 2.24) is 9.55 Å². The molecule has 0 saturated carbocycles. The number of alkyl halides is 1. The molecule has 12 heavy (non-hydrogen) atoms. The summed E-state index contributed by atoms with van der Waals surface area (Å²) in [6.07, 6.45) is 1.87. The molecule has 1 unspecified atom stereocenters. The molecule has 0 aliphatic heterocycles. The van der Waals surface area contributed by atoms with E-state index < -0.39 is 0 Å². The summed E-state index contributed by atoms with van der Waals surface area (Å²) in [6, 6.07) is 0. The van der Waals surface area contributed by atoms with Crippen molar-refractivity contribution in [3.63, 3.8) is 0 Å². The Bertz CT molecular complexity index is 341. The van der Waals surface area contributed by atoms with Gasteiger partial charge in [-0.15, -0.1) is 0 Å². The summed E-state index contributed by atoms with van der Waals surface area (Å²) in [5.41, 5.74) is 2.17. The van der Waals surface area contributed by atoms with Crippen LogP contribution in [0.4, 0.5) is 0 Å². The summed E-state index contributed by atoms with van der Waals surface area (Å²) >= 11 is 3.42. The maximum absolute atomic E-state index is 7.69. The Hall–Kier alpha value is -0.640. The molecule has 0 aliphatic rings. The van der Waals surface area contributed by atoms with E-state index in [2.05, 4.69) is 20.9 Å². The lowest BCUT2D eigenvalue weighted by Crippen LogP contribution is -2.24. The van der Waals surface area contributed by atoms with Gasteiger partial charge in [0.1, 0.15) is 5.49 Å². The van der Waals surface area contributed by atoms with Crippen LogP contribution in [0.1, 0.15) is 23.3 Å². The first-order valence-corrected chi connectivity index (χ1v) is 4.69. The Morgan fingerprint density at radius 3 is 2.67 bits per heavy atom. The van der Waals surface area contributed by atoms with Crippen LogP contribution >= 0.6 is 15.9 Å². The van der Waals surface area contributed by atoms with Gasteiger partial charge in [-0.25, -0.2) is 0 Å². The van der Waals surface area contributed by atoms with Crippen LogP contribution in [0.15, 0.2) is 6.20 Å². The molecule has 0 aromatic carbocycles. The van der Waals surface area contributed by atoms with Crippen LogP contribution in [0.25, 0.3) is 0 Å². The van der Waals surface area contributed by atoms with Crippen LogP contribution in [-0.2, 0) is 0 Å². The van der Waals surface area contributed by atoms with E-state index in [0.29, 0.717) is 5.49 Å². The molecular formula is C8H12BrN3. The maximum atomic E-state index is 7.69. The average Bonchev–Trinajstić information content (AvgIpc) is 1.96. The number of aryl methyl sites for hydroxylation is 2. The van der Waals surface area contributed by atoms with E-state index in [-0.39, 0.29) is 4.95 Å². The zero-order valence-electron chi connectivity index (χ0n) is 7.43. The largest absolute Gasteiger partial charge is 0.317 e. The van der Waals surface area contributed by atoms with Gasteiger partial charge in [0.15, 0.2) is 0 Å². The molecule has 1 rings (SSSR count). The van der Waals surface area contributed by atoms with E-state index in [9.17, 15) is 0 Å². The van der Waals surface area contributed by atoms with Gasteiger partial charge in [0.25, 0.3) is 0 Å². The Morgan fingerprint density at radius 2 is 2.17 bits per heavy atom.